The van der Waals surface area contributed by atoms with Gasteiger partial charge in [0.1, 0.15) is 5.75 Å². The van der Waals surface area contributed by atoms with Crippen LogP contribution in [-0.4, -0.2) is 36.3 Å². The predicted molar refractivity (Wildman–Crippen MR) is 72.7 cm³/mol. The Balaban J connectivity index is 1.83. The first-order valence-corrected chi connectivity index (χ1v) is 6.72. The number of hydrogen-bond donors (Lipinski definition) is 1. The van der Waals surface area contributed by atoms with E-state index in [9.17, 15) is 5.11 Å². The first kappa shape index (κ1) is 13.4. The normalized spacial score (nSPS) is 19.7. The molecule has 0 unspecified atom stereocenters. The Hall–Kier alpha value is -1.06. The topological polar surface area (TPSA) is 32.7 Å². The van der Waals surface area contributed by atoms with Crippen molar-refractivity contribution in [1.29, 1.82) is 0 Å². The van der Waals surface area contributed by atoms with Crippen LogP contribution in [0.3, 0.4) is 0 Å². The Morgan fingerprint density at radius 1 is 1.28 bits per heavy atom. The maximum absolute atomic E-state index is 9.58. The van der Waals surface area contributed by atoms with E-state index < -0.39 is 0 Å². The summed E-state index contributed by atoms with van der Waals surface area (Å²) in [7, 11) is 1.69. The molecule has 1 aliphatic rings. The minimum Gasteiger partial charge on any atom is -0.497 e. The Labute approximate surface area is 109 Å². The highest BCUT2D eigenvalue weighted by atomic mass is 16.5. The molecular weight excluding hydrogens is 226 g/mol. The number of piperidine rings is 1. The van der Waals surface area contributed by atoms with Gasteiger partial charge in [0.15, 0.2) is 0 Å². The minimum absolute atomic E-state index is 0.159. The van der Waals surface area contributed by atoms with Gasteiger partial charge in [0.2, 0.25) is 0 Å². The molecule has 0 bridgehead atoms. The molecule has 1 aliphatic heterocycles. The number of likely N-dealkylation sites (tertiary alicyclic amines) is 1. The van der Waals surface area contributed by atoms with Crippen LogP contribution in [0.1, 0.15) is 25.3 Å². The average molecular weight is 249 g/mol. The van der Waals surface area contributed by atoms with Crippen molar-refractivity contribution in [1.82, 2.24) is 4.90 Å². The van der Waals surface area contributed by atoms with E-state index in [1.165, 1.54) is 5.56 Å². The molecule has 3 heteroatoms. The quantitative estimate of drug-likeness (QED) is 0.888. The zero-order valence-electron chi connectivity index (χ0n) is 11.3. The van der Waals surface area contributed by atoms with Crippen molar-refractivity contribution in [2.75, 3.05) is 20.2 Å². The van der Waals surface area contributed by atoms with E-state index in [4.69, 9.17) is 4.74 Å². The fraction of sp³-hybridized carbons (Fsp3) is 0.600. The van der Waals surface area contributed by atoms with Crippen LogP contribution in [0.5, 0.6) is 5.75 Å². The van der Waals surface area contributed by atoms with Gasteiger partial charge in [-0.15, -0.1) is 0 Å². The molecule has 1 aromatic rings. The highest BCUT2D eigenvalue weighted by Gasteiger charge is 2.22. The number of ether oxygens (including phenoxy) is 1. The fourth-order valence-corrected chi connectivity index (χ4v) is 2.58. The summed E-state index contributed by atoms with van der Waals surface area (Å²) in [6, 6.07) is 8.27. The predicted octanol–water partition coefficient (Wildman–Crippen LogP) is 2.29. The van der Waals surface area contributed by atoms with Crippen LogP contribution in [0.15, 0.2) is 24.3 Å². The lowest BCUT2D eigenvalue weighted by molar-refractivity contribution is 0.0695. The molecule has 3 nitrogen and oxygen atoms in total. The molecule has 0 radical (unpaired) electrons. The van der Waals surface area contributed by atoms with Gasteiger partial charge in [-0.2, -0.15) is 0 Å². The van der Waals surface area contributed by atoms with Gasteiger partial charge in [-0.05, 0) is 56.5 Å². The third-order valence-electron chi connectivity index (χ3n) is 3.88. The van der Waals surface area contributed by atoms with Gasteiger partial charge in [0.25, 0.3) is 0 Å². The monoisotopic (exact) mass is 249 g/mol. The second kappa shape index (κ2) is 6.21. The summed E-state index contributed by atoms with van der Waals surface area (Å²) >= 11 is 0. The lowest BCUT2D eigenvalue weighted by Gasteiger charge is -2.33. The molecule has 0 aromatic heterocycles. The minimum atomic E-state index is -0.159. The lowest BCUT2D eigenvalue weighted by Crippen LogP contribution is -2.36. The van der Waals surface area contributed by atoms with E-state index >= 15 is 0 Å². The molecule has 1 saturated heterocycles. The van der Waals surface area contributed by atoms with Crippen molar-refractivity contribution in [3.05, 3.63) is 29.8 Å². The van der Waals surface area contributed by atoms with E-state index in [-0.39, 0.29) is 6.10 Å². The number of nitrogens with zero attached hydrogens (tertiary/aromatic N) is 1. The van der Waals surface area contributed by atoms with E-state index in [1.807, 2.05) is 19.1 Å². The SMILES string of the molecule is COc1ccc(CN2CCC([C@@H](C)O)CC2)cc1. The van der Waals surface area contributed by atoms with Crippen molar-refractivity contribution in [2.24, 2.45) is 5.92 Å². The largest absolute Gasteiger partial charge is 0.497 e. The van der Waals surface area contributed by atoms with E-state index in [0.29, 0.717) is 5.92 Å². The van der Waals surface area contributed by atoms with Crippen molar-refractivity contribution in [2.45, 2.75) is 32.4 Å². The molecule has 0 amide bonds. The molecule has 1 N–H and O–H groups in total. The Morgan fingerprint density at radius 2 is 1.89 bits per heavy atom. The van der Waals surface area contributed by atoms with Crippen molar-refractivity contribution < 1.29 is 9.84 Å². The molecule has 1 atom stereocenters. The highest BCUT2D eigenvalue weighted by Crippen LogP contribution is 2.22. The smallest absolute Gasteiger partial charge is 0.118 e. The van der Waals surface area contributed by atoms with Gasteiger partial charge >= 0.3 is 0 Å². The maximum atomic E-state index is 9.58. The van der Waals surface area contributed by atoms with Gasteiger partial charge in [0.05, 0.1) is 13.2 Å². The lowest BCUT2D eigenvalue weighted by atomic mass is 9.92. The molecule has 0 spiro atoms. The maximum Gasteiger partial charge on any atom is 0.118 e. The first-order valence-electron chi connectivity index (χ1n) is 6.72. The standard InChI is InChI=1S/C15H23NO2/c1-12(17)14-7-9-16(10-8-14)11-13-3-5-15(18-2)6-4-13/h3-6,12,14,17H,7-11H2,1-2H3/t12-/m1/s1. The van der Waals surface area contributed by atoms with Crippen LogP contribution in [-0.2, 0) is 6.54 Å². The summed E-state index contributed by atoms with van der Waals surface area (Å²) in [5.41, 5.74) is 1.33. The molecule has 1 aromatic carbocycles. The van der Waals surface area contributed by atoms with E-state index in [1.54, 1.807) is 7.11 Å². The summed E-state index contributed by atoms with van der Waals surface area (Å²) in [6.07, 6.45) is 2.05. The fourth-order valence-electron chi connectivity index (χ4n) is 2.58. The summed E-state index contributed by atoms with van der Waals surface area (Å²) in [5.74, 6) is 1.39. The second-order valence-electron chi connectivity index (χ2n) is 5.20. The van der Waals surface area contributed by atoms with Gasteiger partial charge in [0, 0.05) is 6.54 Å². The van der Waals surface area contributed by atoms with Gasteiger partial charge in [-0.25, -0.2) is 0 Å². The zero-order chi connectivity index (χ0) is 13.0. The summed E-state index contributed by atoms with van der Waals surface area (Å²) in [4.78, 5) is 2.46. The highest BCUT2D eigenvalue weighted by molar-refractivity contribution is 5.27. The van der Waals surface area contributed by atoms with Gasteiger partial charge < -0.3 is 9.84 Å². The summed E-state index contributed by atoms with van der Waals surface area (Å²) < 4.78 is 5.16. The number of methoxy groups -OCH3 is 1. The van der Waals surface area contributed by atoms with Crippen LogP contribution < -0.4 is 4.74 Å². The van der Waals surface area contributed by atoms with Crippen LogP contribution in [0.25, 0.3) is 0 Å². The van der Waals surface area contributed by atoms with Crippen LogP contribution in [0, 0.1) is 5.92 Å². The second-order valence-corrected chi connectivity index (χ2v) is 5.20. The first-order chi connectivity index (χ1) is 8.69. The number of benzene rings is 1. The van der Waals surface area contributed by atoms with Crippen molar-refractivity contribution >= 4 is 0 Å². The Kier molecular flexibility index (Phi) is 4.61. The summed E-state index contributed by atoms with van der Waals surface area (Å²) in [6.45, 7) is 5.07. The van der Waals surface area contributed by atoms with Gasteiger partial charge in [-0.1, -0.05) is 12.1 Å². The van der Waals surface area contributed by atoms with Gasteiger partial charge in [-0.3, -0.25) is 4.90 Å². The molecule has 1 heterocycles. The molecule has 0 aliphatic carbocycles. The molecule has 0 saturated carbocycles. The zero-order valence-corrected chi connectivity index (χ0v) is 11.3. The molecule has 1 fully saturated rings. The Morgan fingerprint density at radius 3 is 2.39 bits per heavy atom. The molecule has 100 valence electrons. The number of aliphatic hydroxyl groups excluding tert-OH is 1. The van der Waals surface area contributed by atoms with Crippen LogP contribution in [0.4, 0.5) is 0 Å². The van der Waals surface area contributed by atoms with Crippen molar-refractivity contribution in [3.63, 3.8) is 0 Å². The van der Waals surface area contributed by atoms with Crippen LogP contribution in [0.2, 0.25) is 0 Å². The summed E-state index contributed by atoms with van der Waals surface area (Å²) in [5, 5.41) is 9.58. The molecular formula is C15H23NO2. The molecule has 2 rings (SSSR count). The third-order valence-corrected chi connectivity index (χ3v) is 3.88. The van der Waals surface area contributed by atoms with Crippen LogP contribution >= 0.6 is 0 Å². The number of hydrogen-bond acceptors (Lipinski definition) is 3. The van der Waals surface area contributed by atoms with Crippen molar-refractivity contribution in [3.8, 4) is 5.75 Å². The third kappa shape index (κ3) is 3.47. The number of rotatable bonds is 4. The number of aliphatic hydroxyl groups is 1. The van der Waals surface area contributed by atoms with E-state index in [2.05, 4.69) is 17.0 Å². The average Bonchev–Trinajstić information content (AvgIpc) is 2.40. The Bertz CT molecular complexity index is 353. The molecule has 18 heavy (non-hydrogen) atoms. The van der Waals surface area contributed by atoms with E-state index in [0.717, 1.165) is 38.2 Å².